The fourth-order valence-corrected chi connectivity index (χ4v) is 14.0. The number of hydrogen-bond acceptors (Lipinski definition) is 16. The van der Waals surface area contributed by atoms with E-state index in [1.165, 1.54) is 21.5 Å². The van der Waals surface area contributed by atoms with E-state index in [1.807, 2.05) is 158 Å². The van der Waals surface area contributed by atoms with Crippen molar-refractivity contribution < 1.29 is 46.9 Å². The van der Waals surface area contributed by atoms with Crippen molar-refractivity contribution in [3.63, 3.8) is 0 Å². The van der Waals surface area contributed by atoms with Crippen molar-refractivity contribution in [3.8, 4) is 23.0 Å². The maximum Gasteiger partial charge on any atom is 0.330 e. The van der Waals surface area contributed by atoms with Crippen LogP contribution in [0.25, 0.3) is 0 Å². The van der Waals surface area contributed by atoms with E-state index in [-0.39, 0.29) is 31.6 Å². The first-order chi connectivity index (χ1) is 42.7. The molecule has 6 aromatic carbocycles. The van der Waals surface area contributed by atoms with Gasteiger partial charge in [-0.25, -0.2) is 9.59 Å². The van der Waals surface area contributed by atoms with Crippen LogP contribution in [0.5, 0.6) is 23.0 Å². The van der Waals surface area contributed by atoms with Crippen molar-refractivity contribution in [2.45, 2.75) is 74.8 Å². The van der Waals surface area contributed by atoms with Gasteiger partial charge in [-0.15, -0.1) is 0 Å². The van der Waals surface area contributed by atoms with E-state index in [0.29, 0.717) is 34.0 Å². The molecule has 21 heteroatoms. The first-order valence-corrected chi connectivity index (χ1v) is 31.1. The number of aryl methyl sites for hydroxylation is 2. The maximum absolute atomic E-state index is 13.8. The van der Waals surface area contributed by atoms with Crippen molar-refractivity contribution in [2.75, 3.05) is 41.7 Å². The lowest BCUT2D eigenvalue weighted by Crippen LogP contribution is -2.41. The van der Waals surface area contributed by atoms with Crippen LogP contribution in [0.3, 0.4) is 0 Å². The molecule has 0 spiro atoms. The Balaban J connectivity index is 1.01. The van der Waals surface area contributed by atoms with Gasteiger partial charge in [-0.3, -0.25) is 33.7 Å². The quantitative estimate of drug-likeness (QED) is 0.0451. The number of aromatic amines is 2. The SMILES string of the molecule is COc1ccc(C(OC[C@H]2O[C@@H](n3cc(C)c(=O)[nH]c3=O)C[C@@H]2O[P@](=S)(OC[C@H]2O[C@@H](n3cc(C)c(=O)[nH]c3=O)C[C@@H]2OC(c2ccccc2)(c2ccc(OC)cc2)c2ccc(OC)cc2)c2ccccn2)(c2ccccc2)c2ccc(OC)cc2)cc1. The molecule has 2 saturated heterocycles. The van der Waals surface area contributed by atoms with Crippen LogP contribution >= 0.6 is 6.49 Å². The zero-order valence-corrected chi connectivity index (χ0v) is 50.9. The Labute approximate surface area is 512 Å². The molecule has 2 aliphatic heterocycles. The maximum atomic E-state index is 13.8. The van der Waals surface area contributed by atoms with Gasteiger partial charge in [0.1, 0.15) is 64.3 Å². The Morgan fingerprint density at radius 3 is 1.32 bits per heavy atom. The van der Waals surface area contributed by atoms with Crippen LogP contribution in [0.2, 0.25) is 0 Å². The molecule has 0 unspecified atom stereocenters. The minimum atomic E-state index is -3.87. The molecule has 0 bridgehead atoms. The Morgan fingerprint density at radius 1 is 0.511 bits per heavy atom. The van der Waals surface area contributed by atoms with Crippen molar-refractivity contribution in [2.24, 2.45) is 0 Å². The smallest absolute Gasteiger partial charge is 0.330 e. The van der Waals surface area contributed by atoms with Gasteiger partial charge >= 0.3 is 11.4 Å². The third kappa shape index (κ3) is 12.3. The second-order valence-corrected chi connectivity index (χ2v) is 24.7. The lowest BCUT2D eigenvalue weighted by Gasteiger charge is -2.39. The molecule has 19 nitrogen and oxygen atoms in total. The summed E-state index contributed by atoms with van der Waals surface area (Å²) in [5.41, 5.74) is 0.308. The highest BCUT2D eigenvalue weighted by atomic mass is 32.5. The first kappa shape index (κ1) is 61.1. The monoisotopic (exact) mass is 1230 g/mol. The molecule has 5 heterocycles. The number of aromatic nitrogens is 5. The van der Waals surface area contributed by atoms with E-state index in [9.17, 15) is 19.2 Å². The number of nitrogens with zero attached hydrogens (tertiary/aromatic N) is 3. The molecule has 0 saturated carbocycles. The molecule has 2 fully saturated rings. The van der Waals surface area contributed by atoms with Gasteiger partial charge in [-0.05, 0) is 120 Å². The number of nitrogens with one attached hydrogen (secondary N) is 2. The van der Waals surface area contributed by atoms with Crippen LogP contribution in [0.1, 0.15) is 69.8 Å². The van der Waals surface area contributed by atoms with Gasteiger partial charge in [0.05, 0.1) is 53.9 Å². The van der Waals surface area contributed by atoms with E-state index in [0.717, 1.165) is 33.4 Å². The van der Waals surface area contributed by atoms with Gasteiger partial charge in [0.15, 0.2) is 0 Å². The fraction of sp³-hybridized carbons (Fsp3) is 0.269. The lowest BCUT2D eigenvalue weighted by molar-refractivity contribution is -0.0993. The molecule has 88 heavy (non-hydrogen) atoms. The van der Waals surface area contributed by atoms with Crippen LogP contribution in [-0.4, -0.2) is 90.2 Å². The predicted molar refractivity (Wildman–Crippen MR) is 334 cm³/mol. The van der Waals surface area contributed by atoms with E-state index in [4.69, 9.17) is 63.7 Å². The summed E-state index contributed by atoms with van der Waals surface area (Å²) in [6, 6.07) is 55.2. The third-order valence-corrected chi connectivity index (χ3v) is 19.0. The summed E-state index contributed by atoms with van der Waals surface area (Å²) in [5.74, 6) is 2.53. The summed E-state index contributed by atoms with van der Waals surface area (Å²) in [6.07, 6.45) is -1.18. The molecule has 2 N–H and O–H groups in total. The van der Waals surface area contributed by atoms with Crippen LogP contribution < -0.4 is 46.9 Å². The second kappa shape index (κ2) is 26.4. The molecule has 0 aliphatic carbocycles. The summed E-state index contributed by atoms with van der Waals surface area (Å²) >= 11 is 6.70. The highest BCUT2D eigenvalue weighted by molar-refractivity contribution is 8.13. The molecule has 11 rings (SSSR count). The number of rotatable bonds is 23. The van der Waals surface area contributed by atoms with Crippen molar-refractivity contribution >= 4 is 23.7 Å². The molecule has 0 amide bonds. The third-order valence-electron chi connectivity index (χ3n) is 16.0. The number of H-pyrrole nitrogens is 2. The molecule has 454 valence electrons. The van der Waals surface area contributed by atoms with E-state index in [1.54, 1.807) is 66.7 Å². The van der Waals surface area contributed by atoms with E-state index in [2.05, 4.69) is 9.97 Å². The Kier molecular flexibility index (Phi) is 18.3. The largest absolute Gasteiger partial charge is 0.497 e. The van der Waals surface area contributed by atoms with Gasteiger partial charge in [-0.2, -0.15) is 0 Å². The fourth-order valence-electron chi connectivity index (χ4n) is 11.4. The zero-order valence-electron chi connectivity index (χ0n) is 49.2. The van der Waals surface area contributed by atoms with Crippen LogP contribution in [0.4, 0.5) is 0 Å². The summed E-state index contributed by atoms with van der Waals surface area (Å²) in [4.78, 5) is 62.8. The normalized spacial score (nSPS) is 19.2. The van der Waals surface area contributed by atoms with Gasteiger partial charge < -0.3 is 46.9 Å². The Bertz CT molecular complexity index is 4040. The van der Waals surface area contributed by atoms with Gasteiger partial charge in [-0.1, -0.05) is 115 Å². The van der Waals surface area contributed by atoms with Crippen LogP contribution in [0.15, 0.2) is 214 Å². The summed E-state index contributed by atoms with van der Waals surface area (Å²) in [7, 11) is 6.40. The van der Waals surface area contributed by atoms with Crippen molar-refractivity contribution in [1.82, 2.24) is 24.1 Å². The topological polar surface area (TPSA) is 215 Å². The molecule has 7 atom stereocenters. The first-order valence-electron chi connectivity index (χ1n) is 28.5. The molecular weight excluding hydrogens is 1160 g/mol. The molecule has 3 aromatic heterocycles. The number of hydrogen-bond donors (Lipinski definition) is 2. The van der Waals surface area contributed by atoms with Gasteiger partial charge in [0.25, 0.3) is 11.1 Å². The van der Waals surface area contributed by atoms with Crippen molar-refractivity contribution in [3.05, 3.63) is 281 Å². The Hall–Kier alpha value is -8.56. The average Bonchev–Trinajstić information content (AvgIpc) is 1.40. The number of ether oxygens (including phenoxy) is 8. The number of pyridine rings is 1. The average molecular weight is 1230 g/mol. The Morgan fingerprint density at radius 2 is 0.898 bits per heavy atom. The highest BCUT2D eigenvalue weighted by Gasteiger charge is 2.49. The standard InChI is InChI=1S/C67H66N5O14PS/c1-43-39-71(64(75)69-62(43)73)60-37-55(85-67(46-17-11-8-12-18-46,49-24-32-53(79-5)33-25-49)50-26-34-54(80-6)35-27-50)58(84-60)42-82-87(88,59-19-13-14-36-68-59)86-56-38-61(72-40-44(2)63(74)70-65(72)76)83-57(56)41-81-66(45-15-9-7-10-16-45,47-20-28-51(77-3)29-21-47)48-22-30-52(78-4)31-23-48/h7-36,39-40,55-58,60-61H,37-38,41-42H2,1-6H3,(H,69,73,75)(H,70,74,76)/t55-,56-,57+,58+,60+,61+,87+/m0/s1. The predicted octanol–water partition coefficient (Wildman–Crippen LogP) is 9.13. The number of methoxy groups -OCH3 is 4. The minimum Gasteiger partial charge on any atom is -0.497 e. The molecule has 0 radical (unpaired) electrons. The molecular formula is C67H66N5O14PS. The molecule has 2 aliphatic rings. The van der Waals surface area contributed by atoms with Gasteiger partial charge in [0, 0.05) is 42.6 Å². The van der Waals surface area contributed by atoms with Crippen LogP contribution in [-0.2, 0) is 51.0 Å². The van der Waals surface area contributed by atoms with E-state index >= 15 is 0 Å². The second-order valence-electron chi connectivity index (χ2n) is 21.3. The summed E-state index contributed by atoms with van der Waals surface area (Å²) in [5, 5.41) is 0. The van der Waals surface area contributed by atoms with Gasteiger partial charge in [0.2, 0.25) is 6.49 Å². The number of benzene rings is 6. The summed E-state index contributed by atoms with van der Waals surface area (Å²) < 4.78 is 68.6. The van der Waals surface area contributed by atoms with E-state index < -0.39 is 77.1 Å². The van der Waals surface area contributed by atoms with Crippen molar-refractivity contribution in [1.29, 1.82) is 0 Å². The highest BCUT2D eigenvalue weighted by Crippen LogP contribution is 2.53. The molecule has 9 aromatic rings. The lowest BCUT2D eigenvalue weighted by atomic mass is 9.79. The van der Waals surface area contributed by atoms with Crippen LogP contribution in [0, 0.1) is 13.8 Å². The zero-order chi connectivity index (χ0) is 61.6. The minimum absolute atomic E-state index is 0.0307. The summed E-state index contributed by atoms with van der Waals surface area (Å²) in [6.45, 7) is -1.09.